The lowest BCUT2D eigenvalue weighted by Gasteiger charge is -2.27. The molecule has 1 fully saturated rings. The number of guanidine groups is 1. The number of hydrogen-bond acceptors (Lipinski definition) is 3. The van der Waals surface area contributed by atoms with Crippen LogP contribution in [-0.4, -0.2) is 64.0 Å². The molecule has 1 aromatic carbocycles. The van der Waals surface area contributed by atoms with Crippen molar-refractivity contribution >= 4 is 29.2 Å². The van der Waals surface area contributed by atoms with Gasteiger partial charge < -0.3 is 19.7 Å². The molecule has 0 amide bonds. The molecule has 2 rings (SSSR count). The second-order valence-electron chi connectivity index (χ2n) is 7.85. The highest BCUT2D eigenvalue weighted by atomic mass is 35.5. The minimum absolute atomic E-state index is 0.142. The molecule has 1 aliphatic rings. The molecule has 0 saturated carbocycles. The Kier molecular flexibility index (Phi) is 9.35. The standard InChI is InChI=1S/C21H33Cl2N3O2/c1-5-24-20(26-9-8-16(13-26)14-28-11-10-27-4)25-15-21(2,3)17-6-7-18(22)19(23)12-17/h6-7,12,16H,5,8-11,13-15H2,1-4H3,(H,24,25). The van der Waals surface area contributed by atoms with Crippen LogP contribution in [0.2, 0.25) is 10.0 Å². The van der Waals surface area contributed by atoms with Crippen LogP contribution in [0.3, 0.4) is 0 Å². The topological polar surface area (TPSA) is 46.1 Å². The SMILES string of the molecule is CCNC(=NCC(C)(C)c1ccc(Cl)c(Cl)c1)N1CCC(COCCOC)C1. The van der Waals surface area contributed by atoms with Crippen LogP contribution in [0, 0.1) is 5.92 Å². The van der Waals surface area contributed by atoms with Gasteiger partial charge in [0.15, 0.2) is 5.96 Å². The number of methoxy groups -OCH3 is 1. The number of halogens is 2. The number of nitrogens with zero attached hydrogens (tertiary/aromatic N) is 2. The van der Waals surface area contributed by atoms with E-state index in [1.165, 1.54) is 0 Å². The maximum atomic E-state index is 6.21. The molecule has 1 heterocycles. The third-order valence-electron chi connectivity index (χ3n) is 5.03. The van der Waals surface area contributed by atoms with E-state index in [9.17, 15) is 0 Å². The number of rotatable bonds is 9. The Morgan fingerprint density at radius 3 is 2.75 bits per heavy atom. The Hall–Kier alpha value is -1.01. The van der Waals surface area contributed by atoms with E-state index in [4.69, 9.17) is 37.7 Å². The van der Waals surface area contributed by atoms with Crippen LogP contribution in [0.4, 0.5) is 0 Å². The van der Waals surface area contributed by atoms with Gasteiger partial charge in [0.25, 0.3) is 0 Å². The smallest absolute Gasteiger partial charge is 0.193 e. The fourth-order valence-electron chi connectivity index (χ4n) is 3.26. The maximum absolute atomic E-state index is 6.21. The van der Waals surface area contributed by atoms with Gasteiger partial charge in [-0.3, -0.25) is 4.99 Å². The van der Waals surface area contributed by atoms with Crippen molar-refractivity contribution in [2.75, 3.05) is 53.1 Å². The third-order valence-corrected chi connectivity index (χ3v) is 5.77. The molecule has 1 aliphatic heterocycles. The Balaban J connectivity index is 1.98. The fourth-order valence-corrected chi connectivity index (χ4v) is 3.56. The van der Waals surface area contributed by atoms with Crippen molar-refractivity contribution in [3.63, 3.8) is 0 Å². The van der Waals surface area contributed by atoms with E-state index in [-0.39, 0.29) is 5.41 Å². The summed E-state index contributed by atoms with van der Waals surface area (Å²) < 4.78 is 10.7. The molecule has 0 aliphatic carbocycles. The third kappa shape index (κ3) is 6.80. The van der Waals surface area contributed by atoms with Gasteiger partial charge >= 0.3 is 0 Å². The maximum Gasteiger partial charge on any atom is 0.193 e. The van der Waals surface area contributed by atoms with Crippen molar-refractivity contribution in [1.82, 2.24) is 10.2 Å². The van der Waals surface area contributed by atoms with E-state index in [2.05, 4.69) is 31.0 Å². The van der Waals surface area contributed by atoms with E-state index < -0.39 is 0 Å². The number of nitrogens with one attached hydrogen (secondary N) is 1. The summed E-state index contributed by atoms with van der Waals surface area (Å²) in [6, 6.07) is 5.82. The molecule has 0 bridgehead atoms. The van der Waals surface area contributed by atoms with Crippen LogP contribution in [0.5, 0.6) is 0 Å². The summed E-state index contributed by atoms with van der Waals surface area (Å²) in [6.07, 6.45) is 1.12. The van der Waals surface area contributed by atoms with Crippen LogP contribution in [0.1, 0.15) is 32.8 Å². The first-order valence-electron chi connectivity index (χ1n) is 9.93. The van der Waals surface area contributed by atoms with Crippen LogP contribution in [0.25, 0.3) is 0 Å². The monoisotopic (exact) mass is 429 g/mol. The van der Waals surface area contributed by atoms with Gasteiger partial charge in [-0.2, -0.15) is 0 Å². The van der Waals surface area contributed by atoms with Crippen molar-refractivity contribution in [1.29, 1.82) is 0 Å². The van der Waals surface area contributed by atoms with Crippen molar-refractivity contribution in [3.8, 4) is 0 Å². The summed E-state index contributed by atoms with van der Waals surface area (Å²) in [5.74, 6) is 1.50. The van der Waals surface area contributed by atoms with Crippen LogP contribution in [-0.2, 0) is 14.9 Å². The van der Waals surface area contributed by atoms with Gasteiger partial charge in [0.1, 0.15) is 0 Å². The lowest BCUT2D eigenvalue weighted by atomic mass is 9.85. The summed E-state index contributed by atoms with van der Waals surface area (Å²) in [4.78, 5) is 7.27. The van der Waals surface area contributed by atoms with Gasteiger partial charge in [0.2, 0.25) is 0 Å². The second-order valence-corrected chi connectivity index (χ2v) is 8.67. The molecule has 0 radical (unpaired) electrons. The quantitative estimate of drug-likeness (QED) is 0.362. The average molecular weight is 430 g/mol. The van der Waals surface area contributed by atoms with Crippen molar-refractivity contribution < 1.29 is 9.47 Å². The van der Waals surface area contributed by atoms with Gasteiger partial charge in [0.05, 0.1) is 36.4 Å². The van der Waals surface area contributed by atoms with Gasteiger partial charge in [-0.05, 0) is 31.0 Å². The summed E-state index contributed by atoms with van der Waals surface area (Å²) in [5.41, 5.74) is 0.990. The molecule has 5 nitrogen and oxygen atoms in total. The molecule has 0 aromatic heterocycles. The first-order valence-corrected chi connectivity index (χ1v) is 10.7. The highest BCUT2D eigenvalue weighted by Gasteiger charge is 2.26. The molecule has 158 valence electrons. The number of aliphatic imine (C=N–C) groups is 1. The Morgan fingerprint density at radius 2 is 2.07 bits per heavy atom. The zero-order valence-electron chi connectivity index (χ0n) is 17.4. The largest absolute Gasteiger partial charge is 0.382 e. The molecule has 1 saturated heterocycles. The highest BCUT2D eigenvalue weighted by Crippen LogP contribution is 2.30. The van der Waals surface area contributed by atoms with Crippen LogP contribution < -0.4 is 5.32 Å². The minimum atomic E-state index is -0.142. The molecule has 0 spiro atoms. The van der Waals surface area contributed by atoms with Crippen molar-refractivity contribution in [3.05, 3.63) is 33.8 Å². The van der Waals surface area contributed by atoms with E-state index in [0.717, 1.165) is 44.2 Å². The predicted molar refractivity (Wildman–Crippen MR) is 118 cm³/mol. The lowest BCUT2D eigenvalue weighted by Crippen LogP contribution is -2.41. The molecule has 28 heavy (non-hydrogen) atoms. The van der Waals surface area contributed by atoms with Crippen molar-refractivity contribution in [2.24, 2.45) is 10.9 Å². The van der Waals surface area contributed by atoms with E-state index >= 15 is 0 Å². The molecular weight excluding hydrogens is 397 g/mol. The summed E-state index contributed by atoms with van der Waals surface area (Å²) in [7, 11) is 1.69. The molecular formula is C21H33Cl2N3O2. The first-order chi connectivity index (χ1) is 13.4. The average Bonchev–Trinajstić information content (AvgIpc) is 3.13. The van der Waals surface area contributed by atoms with Gasteiger partial charge in [-0.1, -0.05) is 43.1 Å². The summed E-state index contributed by atoms with van der Waals surface area (Å²) in [6.45, 7) is 12.0. The molecule has 1 atom stereocenters. The van der Waals surface area contributed by atoms with Gasteiger partial charge in [-0.15, -0.1) is 0 Å². The molecule has 7 heteroatoms. The first kappa shape index (κ1) is 23.3. The zero-order valence-corrected chi connectivity index (χ0v) is 18.9. The number of benzene rings is 1. The number of ether oxygens (including phenoxy) is 2. The highest BCUT2D eigenvalue weighted by molar-refractivity contribution is 6.42. The molecule has 1 aromatic rings. The van der Waals surface area contributed by atoms with E-state index in [1.807, 2.05) is 18.2 Å². The van der Waals surface area contributed by atoms with E-state index in [0.29, 0.717) is 35.7 Å². The van der Waals surface area contributed by atoms with Crippen molar-refractivity contribution in [2.45, 2.75) is 32.6 Å². The van der Waals surface area contributed by atoms with Crippen LogP contribution in [0.15, 0.2) is 23.2 Å². The zero-order chi connectivity index (χ0) is 20.6. The summed E-state index contributed by atoms with van der Waals surface area (Å²) >= 11 is 12.3. The van der Waals surface area contributed by atoms with Crippen LogP contribution >= 0.6 is 23.2 Å². The van der Waals surface area contributed by atoms with Gasteiger partial charge in [0, 0.05) is 38.1 Å². The lowest BCUT2D eigenvalue weighted by molar-refractivity contribution is 0.0536. The Labute approximate surface area is 179 Å². The molecule has 1 N–H and O–H groups in total. The second kappa shape index (κ2) is 11.2. The number of hydrogen-bond donors (Lipinski definition) is 1. The molecule has 1 unspecified atom stereocenters. The number of likely N-dealkylation sites (tertiary alicyclic amines) is 1. The Bertz CT molecular complexity index is 653. The minimum Gasteiger partial charge on any atom is -0.382 e. The predicted octanol–water partition coefficient (Wildman–Crippen LogP) is 4.22. The van der Waals surface area contributed by atoms with Gasteiger partial charge in [-0.25, -0.2) is 0 Å². The Morgan fingerprint density at radius 1 is 1.29 bits per heavy atom. The fraction of sp³-hybridized carbons (Fsp3) is 0.667. The van der Waals surface area contributed by atoms with E-state index in [1.54, 1.807) is 7.11 Å². The normalized spacial score (nSPS) is 18.0. The summed E-state index contributed by atoms with van der Waals surface area (Å²) in [5, 5.41) is 4.59.